The second kappa shape index (κ2) is 10.1. The molecule has 0 saturated heterocycles. The van der Waals surface area contributed by atoms with Gasteiger partial charge >= 0.3 is 5.97 Å². The number of methoxy groups -OCH3 is 1. The molecule has 1 aromatic rings. The van der Waals surface area contributed by atoms with E-state index in [9.17, 15) is 15.0 Å². The summed E-state index contributed by atoms with van der Waals surface area (Å²) in [5.41, 5.74) is 5.32. The third-order valence-corrected chi connectivity index (χ3v) is 6.22. The van der Waals surface area contributed by atoms with Crippen molar-refractivity contribution >= 4 is 17.7 Å². The zero-order chi connectivity index (χ0) is 21.5. The van der Waals surface area contributed by atoms with Gasteiger partial charge in [-0.15, -0.1) is 5.73 Å². The Morgan fingerprint density at radius 2 is 1.96 bits per heavy atom. The van der Waals surface area contributed by atoms with Crippen molar-refractivity contribution in [2.24, 2.45) is 5.41 Å². The highest BCUT2D eigenvalue weighted by Gasteiger charge is 2.38. The number of carbonyl (C=O) groups is 1. The lowest BCUT2D eigenvalue weighted by Gasteiger charge is -2.37. The average Bonchev–Trinajstić information content (AvgIpc) is 2.62. The van der Waals surface area contributed by atoms with Crippen molar-refractivity contribution in [2.45, 2.75) is 65.1 Å². The maximum absolute atomic E-state index is 11.3. The fraction of sp³-hybridized carbons (Fsp3) is 0.478. The summed E-state index contributed by atoms with van der Waals surface area (Å²) in [6, 6.07) is 5.13. The summed E-state index contributed by atoms with van der Waals surface area (Å²) in [5.74, 6) is -2.19. The number of hydrogen-bond donors (Lipinski definition) is 2. The smallest absolute Gasteiger partial charge is 0.335 e. The molecule has 1 aromatic carbocycles. The van der Waals surface area contributed by atoms with Gasteiger partial charge in [-0.2, -0.15) is 0 Å². The van der Waals surface area contributed by atoms with E-state index in [1.165, 1.54) is 24.4 Å². The van der Waals surface area contributed by atoms with E-state index < -0.39 is 17.2 Å². The molecule has 0 aliphatic carbocycles. The van der Waals surface area contributed by atoms with Crippen LogP contribution in [-0.4, -0.2) is 29.1 Å². The van der Waals surface area contributed by atoms with Crippen molar-refractivity contribution in [3.63, 3.8) is 0 Å². The van der Waals surface area contributed by atoms with Crippen LogP contribution in [0.3, 0.4) is 0 Å². The van der Waals surface area contributed by atoms with Gasteiger partial charge in [0.2, 0.25) is 0 Å². The number of carboxylic acids is 1. The summed E-state index contributed by atoms with van der Waals surface area (Å²) >= 11 is 1.50. The molecule has 4 nitrogen and oxygen atoms in total. The van der Waals surface area contributed by atoms with Crippen LogP contribution in [0.1, 0.15) is 63.4 Å². The van der Waals surface area contributed by atoms with Gasteiger partial charge in [-0.25, -0.2) is 4.79 Å². The van der Waals surface area contributed by atoms with Gasteiger partial charge < -0.3 is 14.9 Å². The SMILES string of the molecule is CC/C(C)=C\C(=C=CCC(C)(C)C(C)(O)OC)Sc1cc(C(=O)O)ccc1C. The van der Waals surface area contributed by atoms with Crippen LogP contribution in [0.25, 0.3) is 0 Å². The topological polar surface area (TPSA) is 66.8 Å². The van der Waals surface area contributed by atoms with Crippen molar-refractivity contribution in [2.75, 3.05) is 7.11 Å². The number of carboxylic acid groups (broad SMARTS) is 1. The molecule has 2 N–H and O–H groups in total. The molecule has 0 spiro atoms. The van der Waals surface area contributed by atoms with E-state index in [1.807, 2.05) is 32.9 Å². The largest absolute Gasteiger partial charge is 0.478 e. The van der Waals surface area contributed by atoms with Crippen molar-refractivity contribution in [1.29, 1.82) is 0 Å². The van der Waals surface area contributed by atoms with Crippen LogP contribution in [0.5, 0.6) is 0 Å². The normalized spacial score (nSPS) is 14.2. The first-order valence-electron chi connectivity index (χ1n) is 9.35. The summed E-state index contributed by atoms with van der Waals surface area (Å²) < 4.78 is 5.22. The molecule has 0 aromatic heterocycles. The quantitative estimate of drug-likeness (QED) is 0.230. The lowest BCUT2D eigenvalue weighted by atomic mass is 9.81. The van der Waals surface area contributed by atoms with E-state index in [2.05, 4.69) is 25.7 Å². The number of aryl methyl sites for hydroxylation is 1. The molecule has 0 heterocycles. The molecule has 0 amide bonds. The predicted molar refractivity (Wildman–Crippen MR) is 116 cm³/mol. The van der Waals surface area contributed by atoms with Crippen molar-refractivity contribution in [1.82, 2.24) is 0 Å². The highest BCUT2D eigenvalue weighted by molar-refractivity contribution is 8.03. The summed E-state index contributed by atoms with van der Waals surface area (Å²) in [6.07, 6.45) is 5.47. The molecule has 0 saturated carbocycles. The van der Waals surface area contributed by atoms with Crippen LogP contribution < -0.4 is 0 Å². The van der Waals surface area contributed by atoms with Crippen LogP contribution in [0.15, 0.2) is 51.5 Å². The number of hydrogen-bond acceptors (Lipinski definition) is 4. The molecule has 28 heavy (non-hydrogen) atoms. The van der Waals surface area contributed by atoms with Gasteiger partial charge in [-0.1, -0.05) is 44.2 Å². The molecule has 0 bridgehead atoms. The molecular weight excluding hydrogens is 372 g/mol. The summed E-state index contributed by atoms with van der Waals surface area (Å²) in [7, 11) is 1.49. The molecule has 154 valence electrons. The first kappa shape index (κ1) is 24.3. The maximum atomic E-state index is 11.3. The Labute approximate surface area is 173 Å². The van der Waals surface area contributed by atoms with Gasteiger partial charge in [0.1, 0.15) is 0 Å². The fourth-order valence-electron chi connectivity index (χ4n) is 2.26. The predicted octanol–water partition coefficient (Wildman–Crippen LogP) is 5.95. The zero-order valence-corrected chi connectivity index (χ0v) is 18.7. The molecule has 0 fully saturated rings. The van der Waals surface area contributed by atoms with Gasteiger partial charge in [0.05, 0.1) is 10.5 Å². The fourth-order valence-corrected chi connectivity index (χ4v) is 3.31. The van der Waals surface area contributed by atoms with E-state index >= 15 is 0 Å². The summed E-state index contributed by atoms with van der Waals surface area (Å²) in [5, 5.41) is 19.7. The number of ether oxygens (including phenoxy) is 1. The summed E-state index contributed by atoms with van der Waals surface area (Å²) in [4.78, 5) is 13.1. The average molecular weight is 405 g/mol. The Kier molecular flexibility index (Phi) is 8.77. The van der Waals surface area contributed by atoms with Gasteiger partial charge in [0.25, 0.3) is 0 Å². The monoisotopic (exact) mass is 404 g/mol. The van der Waals surface area contributed by atoms with Crippen molar-refractivity contribution < 1.29 is 19.7 Å². The van der Waals surface area contributed by atoms with Crippen LogP contribution in [0.4, 0.5) is 0 Å². The van der Waals surface area contributed by atoms with E-state index in [-0.39, 0.29) is 5.56 Å². The molecule has 1 atom stereocenters. The van der Waals surface area contributed by atoms with Gasteiger partial charge in [0.15, 0.2) is 5.79 Å². The van der Waals surface area contributed by atoms with E-state index in [0.29, 0.717) is 6.42 Å². The number of aromatic carboxylic acids is 1. The van der Waals surface area contributed by atoms with Gasteiger partial charge in [-0.3, -0.25) is 0 Å². The maximum Gasteiger partial charge on any atom is 0.335 e. The zero-order valence-electron chi connectivity index (χ0n) is 17.9. The van der Waals surface area contributed by atoms with Crippen LogP contribution in [-0.2, 0) is 4.74 Å². The molecule has 5 heteroatoms. The van der Waals surface area contributed by atoms with Gasteiger partial charge in [0, 0.05) is 17.4 Å². The van der Waals surface area contributed by atoms with E-state index in [4.69, 9.17) is 4.74 Å². The summed E-state index contributed by atoms with van der Waals surface area (Å²) in [6.45, 7) is 11.6. The molecule has 0 radical (unpaired) electrons. The van der Waals surface area contributed by atoms with E-state index in [1.54, 1.807) is 19.1 Å². The second-order valence-electron chi connectivity index (χ2n) is 7.72. The highest BCUT2D eigenvalue weighted by Crippen LogP contribution is 2.36. The first-order chi connectivity index (χ1) is 12.9. The minimum atomic E-state index is -1.25. The standard InChI is InChI=1S/C23H32O4S/c1-8-16(2)14-19(10-9-13-22(4,5)23(6,26)27-7)28-20-15-18(21(24)25)12-11-17(20)3/h9,11-12,14-15,26H,8,13H2,1-7H3,(H,24,25)/b16-14-. The number of rotatable bonds is 9. The Hall–Kier alpha value is -1.78. The van der Waals surface area contributed by atoms with Crippen molar-refractivity contribution in [3.8, 4) is 0 Å². The Morgan fingerprint density at radius 3 is 2.50 bits per heavy atom. The van der Waals surface area contributed by atoms with Crippen LogP contribution in [0.2, 0.25) is 0 Å². The lowest BCUT2D eigenvalue weighted by Crippen LogP contribution is -2.43. The van der Waals surface area contributed by atoms with Gasteiger partial charge in [-0.05, 0) is 63.5 Å². The third-order valence-electron chi connectivity index (χ3n) is 5.10. The molecule has 1 unspecified atom stereocenters. The molecule has 0 aliphatic heterocycles. The lowest BCUT2D eigenvalue weighted by molar-refractivity contribution is -0.237. The second-order valence-corrected chi connectivity index (χ2v) is 8.80. The molecular formula is C23H32O4S. The number of thioether (sulfide) groups is 1. The molecule has 0 aliphatic rings. The first-order valence-corrected chi connectivity index (χ1v) is 10.2. The molecule has 1 rings (SSSR count). The third kappa shape index (κ3) is 6.68. The van der Waals surface area contributed by atoms with Crippen molar-refractivity contribution in [3.05, 3.63) is 57.7 Å². The Morgan fingerprint density at radius 1 is 1.32 bits per heavy atom. The van der Waals surface area contributed by atoms with E-state index in [0.717, 1.165) is 21.8 Å². The van der Waals surface area contributed by atoms with Crippen LogP contribution in [0, 0.1) is 12.3 Å². The number of benzene rings is 1. The number of aliphatic hydroxyl groups is 1. The Balaban J connectivity index is 3.26. The number of allylic oxidation sites excluding steroid dienone is 2. The minimum Gasteiger partial charge on any atom is -0.478 e. The minimum absolute atomic E-state index is 0.268. The highest BCUT2D eigenvalue weighted by atomic mass is 32.2. The Bertz CT molecular complexity index is 797. The van der Waals surface area contributed by atoms with Crippen LogP contribution >= 0.6 is 11.8 Å².